The molecule has 1 saturated heterocycles. The number of hydrogen-bond acceptors (Lipinski definition) is 6. The van der Waals surface area contributed by atoms with Crippen molar-refractivity contribution in [1.29, 1.82) is 0 Å². The molecule has 35 heavy (non-hydrogen) atoms. The molecule has 0 aliphatic carbocycles. The van der Waals surface area contributed by atoms with Crippen molar-refractivity contribution in [1.82, 2.24) is 20.1 Å². The van der Waals surface area contributed by atoms with Crippen molar-refractivity contribution < 1.29 is 22.4 Å². The summed E-state index contributed by atoms with van der Waals surface area (Å²) in [5, 5.41) is 8.62. The minimum Gasteiger partial charge on any atom is -0.421 e. The lowest BCUT2D eigenvalue weighted by atomic mass is 9.98. The van der Waals surface area contributed by atoms with E-state index in [2.05, 4.69) is 15.2 Å². The minimum absolute atomic E-state index is 0.109. The number of amides is 1. The number of aryl methyl sites for hydroxylation is 1. The van der Waals surface area contributed by atoms with Gasteiger partial charge in [-0.1, -0.05) is 18.2 Å². The first-order valence-electron chi connectivity index (χ1n) is 11.2. The number of benzene rings is 2. The quantitative estimate of drug-likeness (QED) is 0.347. The van der Waals surface area contributed by atoms with Gasteiger partial charge in [-0.2, -0.15) is 0 Å². The Kier molecular flexibility index (Phi) is 6.38. The highest BCUT2D eigenvalue weighted by Gasteiger charge is 2.32. The third kappa shape index (κ3) is 4.70. The number of halogens is 3. The predicted molar refractivity (Wildman–Crippen MR) is 124 cm³/mol. The Balaban J connectivity index is 1.40. The molecule has 1 fully saturated rings. The van der Waals surface area contributed by atoms with Crippen LogP contribution in [0.4, 0.5) is 13.2 Å². The third-order valence-corrected chi connectivity index (χ3v) is 7.01. The maximum Gasteiger partial charge on any atom is 0.274 e. The lowest BCUT2D eigenvalue weighted by Crippen LogP contribution is -2.45. The number of hydrogen-bond donors (Lipinski definition) is 0. The van der Waals surface area contributed by atoms with Crippen LogP contribution < -0.4 is 0 Å². The van der Waals surface area contributed by atoms with Crippen LogP contribution in [0.2, 0.25) is 0 Å². The molecular weight excluding hydrogens is 477 g/mol. The first-order valence-corrected chi connectivity index (χ1v) is 12.0. The van der Waals surface area contributed by atoms with Gasteiger partial charge in [0.25, 0.3) is 11.8 Å². The first-order chi connectivity index (χ1) is 16.9. The number of nitrogens with zero attached hydrogens (tertiary/aromatic N) is 4. The van der Waals surface area contributed by atoms with Crippen LogP contribution in [-0.2, 0) is 6.42 Å². The molecule has 1 unspecified atom stereocenters. The van der Waals surface area contributed by atoms with Gasteiger partial charge in [-0.05, 0) is 56.0 Å². The van der Waals surface area contributed by atoms with E-state index in [4.69, 9.17) is 4.42 Å². The van der Waals surface area contributed by atoms with Crippen LogP contribution in [-0.4, -0.2) is 38.6 Å². The summed E-state index contributed by atoms with van der Waals surface area (Å²) >= 11 is 1.39. The summed E-state index contributed by atoms with van der Waals surface area (Å²) in [7, 11) is 0. The van der Waals surface area contributed by atoms with Crippen LogP contribution in [0.5, 0.6) is 0 Å². The zero-order valence-electron chi connectivity index (χ0n) is 18.8. The van der Waals surface area contributed by atoms with E-state index in [9.17, 15) is 18.0 Å². The van der Waals surface area contributed by atoms with Gasteiger partial charge in [0, 0.05) is 19.0 Å². The van der Waals surface area contributed by atoms with E-state index < -0.39 is 11.6 Å². The highest BCUT2D eigenvalue weighted by atomic mass is 32.1. The zero-order chi connectivity index (χ0) is 24.5. The molecule has 10 heteroatoms. The summed E-state index contributed by atoms with van der Waals surface area (Å²) in [6.07, 6.45) is 2.78. The van der Waals surface area contributed by atoms with E-state index >= 15 is 0 Å². The Bertz CT molecular complexity index is 1370. The predicted octanol–water partition coefficient (Wildman–Crippen LogP) is 5.82. The van der Waals surface area contributed by atoms with E-state index in [1.165, 1.54) is 35.6 Å². The maximum absolute atomic E-state index is 14.1. The van der Waals surface area contributed by atoms with Gasteiger partial charge in [-0.25, -0.2) is 18.2 Å². The Morgan fingerprint density at radius 3 is 2.71 bits per heavy atom. The van der Waals surface area contributed by atoms with Gasteiger partial charge in [0.1, 0.15) is 11.5 Å². The van der Waals surface area contributed by atoms with Gasteiger partial charge in [-0.15, -0.1) is 21.5 Å². The van der Waals surface area contributed by atoms with E-state index in [1.54, 1.807) is 17.0 Å². The molecule has 0 bridgehead atoms. The first kappa shape index (κ1) is 23.2. The van der Waals surface area contributed by atoms with E-state index in [0.29, 0.717) is 17.1 Å². The van der Waals surface area contributed by atoms with Crippen molar-refractivity contribution in [2.75, 3.05) is 6.54 Å². The molecule has 1 amide bonds. The zero-order valence-corrected chi connectivity index (χ0v) is 19.6. The Morgan fingerprint density at radius 1 is 1.11 bits per heavy atom. The van der Waals surface area contributed by atoms with Gasteiger partial charge < -0.3 is 9.32 Å². The highest BCUT2D eigenvalue weighted by molar-refractivity contribution is 7.15. The van der Waals surface area contributed by atoms with E-state index in [0.717, 1.165) is 35.9 Å². The number of likely N-dealkylation sites (tertiary alicyclic amines) is 1. The summed E-state index contributed by atoms with van der Waals surface area (Å²) in [5.41, 5.74) is 0.953. The largest absolute Gasteiger partial charge is 0.421 e. The second kappa shape index (κ2) is 9.61. The smallest absolute Gasteiger partial charge is 0.274 e. The van der Waals surface area contributed by atoms with Gasteiger partial charge in [0.15, 0.2) is 11.6 Å². The molecular formula is C25H21F3N4O2S. The number of carbonyl (C=O) groups is 1. The number of rotatable bonds is 5. The fourth-order valence-corrected chi connectivity index (χ4v) is 5.22. The van der Waals surface area contributed by atoms with Crippen LogP contribution in [0.3, 0.4) is 0 Å². The fourth-order valence-electron chi connectivity index (χ4n) is 4.30. The summed E-state index contributed by atoms with van der Waals surface area (Å²) in [6, 6.07) is 9.53. The van der Waals surface area contributed by atoms with Crippen LogP contribution in [0.15, 0.2) is 46.9 Å². The molecule has 3 heterocycles. The Morgan fingerprint density at radius 2 is 1.91 bits per heavy atom. The van der Waals surface area contributed by atoms with Crippen LogP contribution in [0.1, 0.15) is 40.6 Å². The number of carbonyl (C=O) groups excluding carboxylic acids is 1. The topological polar surface area (TPSA) is 72.1 Å². The SMILES string of the molecule is Cc1nc(C(=O)N2CCCCC2Cc2nnc(-c3cccc(F)c3F)o2)c(-c2ccc(F)cc2)s1. The molecule has 0 N–H and O–H groups in total. The van der Waals surface area contributed by atoms with Crippen molar-refractivity contribution in [3.63, 3.8) is 0 Å². The molecule has 0 spiro atoms. The van der Waals surface area contributed by atoms with Crippen LogP contribution in [0.25, 0.3) is 21.9 Å². The van der Waals surface area contributed by atoms with Gasteiger partial charge in [-0.3, -0.25) is 4.79 Å². The molecule has 0 radical (unpaired) electrons. The molecule has 1 atom stereocenters. The van der Waals surface area contributed by atoms with Crippen molar-refractivity contribution >= 4 is 17.2 Å². The third-order valence-electron chi connectivity index (χ3n) is 5.99. The molecule has 1 aliphatic rings. The summed E-state index contributed by atoms with van der Waals surface area (Å²) < 4.78 is 46.8. The second-order valence-corrected chi connectivity index (χ2v) is 9.58. The van der Waals surface area contributed by atoms with Crippen molar-refractivity contribution in [3.8, 4) is 21.9 Å². The molecule has 1 aliphatic heterocycles. The molecule has 2 aromatic heterocycles. The number of piperidine rings is 1. The lowest BCUT2D eigenvalue weighted by molar-refractivity contribution is 0.0601. The molecule has 180 valence electrons. The molecule has 6 nitrogen and oxygen atoms in total. The van der Waals surface area contributed by atoms with E-state index in [-0.39, 0.29) is 41.5 Å². The average Bonchev–Trinajstić information content (AvgIpc) is 3.48. The molecule has 5 rings (SSSR count). The maximum atomic E-state index is 14.1. The van der Waals surface area contributed by atoms with Crippen LogP contribution in [0, 0.1) is 24.4 Å². The molecule has 2 aromatic carbocycles. The normalized spacial score (nSPS) is 16.0. The minimum atomic E-state index is -1.05. The monoisotopic (exact) mass is 498 g/mol. The lowest BCUT2D eigenvalue weighted by Gasteiger charge is -2.35. The van der Waals surface area contributed by atoms with Crippen molar-refractivity contribution in [3.05, 3.63) is 76.5 Å². The Hall–Kier alpha value is -3.53. The van der Waals surface area contributed by atoms with Gasteiger partial charge >= 0.3 is 0 Å². The molecule has 4 aromatic rings. The highest BCUT2D eigenvalue weighted by Crippen LogP contribution is 2.33. The van der Waals surface area contributed by atoms with Crippen molar-refractivity contribution in [2.45, 2.75) is 38.6 Å². The number of thiazole rings is 1. The summed E-state index contributed by atoms with van der Waals surface area (Å²) in [4.78, 5) is 20.6. The van der Waals surface area contributed by atoms with Gasteiger partial charge in [0.05, 0.1) is 15.4 Å². The summed E-state index contributed by atoms with van der Waals surface area (Å²) in [6.45, 7) is 2.37. The average molecular weight is 499 g/mol. The fraction of sp³-hybridized carbons (Fsp3) is 0.280. The standard InChI is InChI=1S/C25H21F3N4O2S/c1-14-29-22(23(35-14)15-8-10-16(26)11-9-15)25(33)32-12-3-2-5-17(32)13-20-30-31-24(34-20)18-6-4-7-19(27)21(18)28/h4,6-11,17H,2-3,5,12-13H2,1H3. The van der Waals surface area contributed by atoms with Crippen molar-refractivity contribution in [2.24, 2.45) is 0 Å². The van der Waals surface area contributed by atoms with Crippen LogP contribution >= 0.6 is 11.3 Å². The van der Waals surface area contributed by atoms with E-state index in [1.807, 2.05) is 6.92 Å². The van der Waals surface area contributed by atoms with Gasteiger partial charge in [0.2, 0.25) is 5.89 Å². The second-order valence-electron chi connectivity index (χ2n) is 8.37. The molecule has 0 saturated carbocycles. The summed E-state index contributed by atoms with van der Waals surface area (Å²) in [5.74, 6) is -2.49. The number of aromatic nitrogens is 3. The Labute approximate surface area is 203 Å².